The number of nitrogens with one attached hydrogen (secondary N) is 1. The van der Waals surface area contributed by atoms with E-state index in [9.17, 15) is 17.6 Å². The molecule has 1 aromatic rings. The van der Waals surface area contributed by atoms with Crippen molar-refractivity contribution in [1.82, 2.24) is 9.62 Å². The number of hydrogen-bond acceptors (Lipinski definition) is 4. The van der Waals surface area contributed by atoms with E-state index in [4.69, 9.17) is 5.73 Å². The van der Waals surface area contributed by atoms with Crippen LogP contribution in [0.25, 0.3) is 0 Å². The highest BCUT2D eigenvalue weighted by Gasteiger charge is 2.45. The first-order chi connectivity index (χ1) is 9.17. The standard InChI is InChI=1S/C12H16FN3O3S/c1-12(2)11(17)15-5-6-16(12)20(18,19)10-4-3-8(14)7-9(10)13/h3-4,7H,5-6,14H2,1-2H3,(H,15,17). The number of carbonyl (C=O) groups is 1. The van der Waals surface area contributed by atoms with Crippen molar-refractivity contribution in [2.75, 3.05) is 18.8 Å². The van der Waals surface area contributed by atoms with Crippen LogP contribution in [0.2, 0.25) is 0 Å². The van der Waals surface area contributed by atoms with Crippen LogP contribution in [-0.2, 0) is 14.8 Å². The van der Waals surface area contributed by atoms with Crippen molar-refractivity contribution in [3.05, 3.63) is 24.0 Å². The first kappa shape index (κ1) is 14.7. The van der Waals surface area contributed by atoms with Gasteiger partial charge in [0.05, 0.1) is 0 Å². The van der Waals surface area contributed by atoms with Crippen LogP contribution in [0.15, 0.2) is 23.1 Å². The summed E-state index contributed by atoms with van der Waals surface area (Å²) in [6, 6.07) is 3.37. The van der Waals surface area contributed by atoms with Crippen molar-refractivity contribution in [2.24, 2.45) is 0 Å². The summed E-state index contributed by atoms with van der Waals surface area (Å²) in [5.41, 5.74) is 4.28. The van der Waals surface area contributed by atoms with Crippen molar-refractivity contribution in [1.29, 1.82) is 0 Å². The number of piperazine rings is 1. The summed E-state index contributed by atoms with van der Waals surface area (Å²) in [6.45, 7) is 3.24. The van der Waals surface area contributed by atoms with Gasteiger partial charge in [-0.1, -0.05) is 0 Å². The number of hydrogen-bond donors (Lipinski definition) is 2. The predicted octanol–water partition coefficient (Wildman–Crippen LogP) is 0.307. The van der Waals surface area contributed by atoms with Gasteiger partial charge in [-0.25, -0.2) is 12.8 Å². The maximum Gasteiger partial charge on any atom is 0.247 e. The Morgan fingerprint density at radius 2 is 2.05 bits per heavy atom. The number of benzene rings is 1. The van der Waals surface area contributed by atoms with Gasteiger partial charge < -0.3 is 11.1 Å². The molecule has 2 rings (SSSR count). The molecule has 0 aromatic heterocycles. The fraction of sp³-hybridized carbons (Fsp3) is 0.417. The number of nitrogens with zero attached hydrogens (tertiary/aromatic N) is 1. The largest absolute Gasteiger partial charge is 0.399 e. The molecule has 1 saturated heterocycles. The topological polar surface area (TPSA) is 92.5 Å². The molecular weight excluding hydrogens is 285 g/mol. The molecule has 6 nitrogen and oxygen atoms in total. The molecule has 1 amide bonds. The van der Waals surface area contributed by atoms with E-state index in [1.807, 2.05) is 0 Å². The molecule has 0 spiro atoms. The smallest absolute Gasteiger partial charge is 0.247 e. The number of amides is 1. The van der Waals surface area contributed by atoms with Crippen LogP contribution in [0.3, 0.4) is 0 Å². The number of nitrogen functional groups attached to an aromatic ring is 1. The van der Waals surface area contributed by atoms with Crippen LogP contribution in [0.4, 0.5) is 10.1 Å². The Kier molecular flexibility index (Phi) is 3.47. The van der Waals surface area contributed by atoms with E-state index >= 15 is 0 Å². The van der Waals surface area contributed by atoms with Gasteiger partial charge >= 0.3 is 0 Å². The summed E-state index contributed by atoms with van der Waals surface area (Å²) in [5.74, 6) is -1.34. The Morgan fingerprint density at radius 1 is 1.40 bits per heavy atom. The highest BCUT2D eigenvalue weighted by molar-refractivity contribution is 7.89. The van der Waals surface area contributed by atoms with Gasteiger partial charge in [-0.05, 0) is 32.0 Å². The Bertz CT molecular complexity index is 658. The third-order valence-corrected chi connectivity index (χ3v) is 5.41. The van der Waals surface area contributed by atoms with E-state index in [0.29, 0.717) is 0 Å². The third kappa shape index (κ3) is 2.25. The van der Waals surface area contributed by atoms with Gasteiger partial charge in [-0.2, -0.15) is 4.31 Å². The predicted molar refractivity (Wildman–Crippen MR) is 71.8 cm³/mol. The average molecular weight is 301 g/mol. The molecule has 1 aliphatic heterocycles. The Labute approximate surface area is 116 Å². The highest BCUT2D eigenvalue weighted by Crippen LogP contribution is 2.28. The third-order valence-electron chi connectivity index (χ3n) is 3.30. The van der Waals surface area contributed by atoms with Crippen LogP contribution in [0.5, 0.6) is 0 Å². The number of nitrogens with two attached hydrogens (primary N) is 1. The van der Waals surface area contributed by atoms with Gasteiger partial charge in [-0.15, -0.1) is 0 Å². The van der Waals surface area contributed by atoms with Crippen LogP contribution >= 0.6 is 0 Å². The summed E-state index contributed by atoms with van der Waals surface area (Å²) in [7, 11) is -4.11. The summed E-state index contributed by atoms with van der Waals surface area (Å²) in [5, 5.41) is 2.59. The lowest BCUT2D eigenvalue weighted by Gasteiger charge is -2.39. The lowest BCUT2D eigenvalue weighted by atomic mass is 10.0. The minimum absolute atomic E-state index is 0.0882. The molecular formula is C12H16FN3O3S. The molecule has 3 N–H and O–H groups in total. The van der Waals surface area contributed by atoms with Gasteiger partial charge in [0.15, 0.2) is 0 Å². The Morgan fingerprint density at radius 3 is 2.65 bits per heavy atom. The number of halogens is 1. The second-order valence-corrected chi connectivity index (χ2v) is 6.91. The van der Waals surface area contributed by atoms with Crippen LogP contribution in [0, 0.1) is 5.82 Å². The van der Waals surface area contributed by atoms with E-state index in [1.165, 1.54) is 19.9 Å². The molecule has 1 fully saturated rings. The van der Waals surface area contributed by atoms with Crippen molar-refractivity contribution >= 4 is 21.6 Å². The minimum atomic E-state index is -4.11. The second-order valence-electron chi connectivity index (χ2n) is 5.08. The van der Waals surface area contributed by atoms with Gasteiger partial charge in [0.25, 0.3) is 0 Å². The highest BCUT2D eigenvalue weighted by atomic mass is 32.2. The van der Waals surface area contributed by atoms with Gasteiger partial charge in [-0.3, -0.25) is 4.79 Å². The SMILES string of the molecule is CC1(C)C(=O)NCCN1S(=O)(=O)c1ccc(N)cc1F. The summed E-state index contributed by atoms with van der Waals surface area (Å²) in [4.78, 5) is 11.3. The fourth-order valence-electron chi connectivity index (χ4n) is 2.15. The molecule has 20 heavy (non-hydrogen) atoms. The van der Waals surface area contributed by atoms with Crippen LogP contribution < -0.4 is 11.1 Å². The van der Waals surface area contributed by atoms with Crippen molar-refractivity contribution < 1.29 is 17.6 Å². The molecule has 0 unspecified atom stereocenters. The number of rotatable bonds is 2. The first-order valence-electron chi connectivity index (χ1n) is 6.03. The Balaban J connectivity index is 2.52. The lowest BCUT2D eigenvalue weighted by Crippen LogP contribution is -2.63. The molecule has 110 valence electrons. The second kappa shape index (κ2) is 4.71. The van der Waals surface area contributed by atoms with Gasteiger partial charge in [0.1, 0.15) is 16.3 Å². The zero-order chi connectivity index (χ0) is 15.1. The zero-order valence-corrected chi connectivity index (χ0v) is 12.0. The maximum absolute atomic E-state index is 13.9. The van der Waals surface area contributed by atoms with E-state index in [0.717, 1.165) is 16.4 Å². The van der Waals surface area contributed by atoms with Gasteiger partial charge in [0, 0.05) is 18.8 Å². The maximum atomic E-state index is 13.9. The van der Waals surface area contributed by atoms with Crippen LogP contribution in [0.1, 0.15) is 13.8 Å². The molecule has 1 heterocycles. The summed E-state index contributed by atoms with van der Waals surface area (Å²) in [6.07, 6.45) is 0. The molecule has 0 atom stereocenters. The van der Waals surface area contributed by atoms with E-state index in [2.05, 4.69) is 5.32 Å². The minimum Gasteiger partial charge on any atom is -0.399 e. The van der Waals surface area contributed by atoms with E-state index in [-0.39, 0.29) is 18.8 Å². The fourth-order valence-corrected chi connectivity index (χ4v) is 3.94. The summed E-state index contributed by atoms with van der Waals surface area (Å²) >= 11 is 0. The molecule has 0 aliphatic carbocycles. The summed E-state index contributed by atoms with van der Waals surface area (Å²) < 4.78 is 40.0. The monoisotopic (exact) mass is 301 g/mol. The normalized spacial score (nSPS) is 19.6. The molecule has 0 saturated carbocycles. The zero-order valence-electron chi connectivity index (χ0n) is 11.2. The molecule has 1 aromatic carbocycles. The quantitative estimate of drug-likeness (QED) is 0.769. The van der Waals surface area contributed by atoms with E-state index < -0.39 is 32.2 Å². The van der Waals surface area contributed by atoms with Crippen molar-refractivity contribution in [3.8, 4) is 0 Å². The Hall–Kier alpha value is -1.67. The van der Waals surface area contributed by atoms with Crippen molar-refractivity contribution in [2.45, 2.75) is 24.3 Å². The molecule has 0 radical (unpaired) electrons. The molecule has 0 bridgehead atoms. The average Bonchev–Trinajstić information content (AvgIpc) is 2.31. The van der Waals surface area contributed by atoms with E-state index in [1.54, 1.807) is 0 Å². The van der Waals surface area contributed by atoms with Crippen molar-refractivity contribution in [3.63, 3.8) is 0 Å². The van der Waals surface area contributed by atoms with Gasteiger partial charge in [0.2, 0.25) is 15.9 Å². The molecule has 8 heteroatoms. The number of carbonyl (C=O) groups excluding carboxylic acids is 1. The lowest BCUT2D eigenvalue weighted by molar-refractivity contribution is -0.131. The first-order valence-corrected chi connectivity index (χ1v) is 7.47. The molecule has 1 aliphatic rings. The number of sulfonamides is 1. The van der Waals surface area contributed by atoms with Crippen LogP contribution in [-0.4, -0.2) is 37.3 Å². The number of anilines is 1.